The molecular formula is C18H44N2O10Si2. The lowest BCUT2D eigenvalue weighted by molar-refractivity contribution is -0.313. The third-order valence-corrected chi connectivity index (χ3v) is 10.6. The number of nitrogens with one attached hydrogen (secondary N) is 2. The van der Waals surface area contributed by atoms with E-state index in [4.69, 9.17) is 36.3 Å². The number of aliphatic hydroxyl groups excluding tert-OH is 2. The van der Waals surface area contributed by atoms with Crippen LogP contribution in [0.4, 0.5) is 0 Å². The van der Waals surface area contributed by atoms with Crippen LogP contribution in [0.3, 0.4) is 0 Å². The Bertz CT molecular complexity index is 380. The van der Waals surface area contributed by atoms with E-state index in [1.807, 2.05) is 0 Å². The van der Waals surface area contributed by atoms with Crippen molar-refractivity contribution in [3.8, 4) is 0 Å². The van der Waals surface area contributed by atoms with E-state index in [2.05, 4.69) is 10.6 Å². The second-order valence-corrected chi connectivity index (χ2v) is 13.3. The molecule has 0 fully saturated rings. The van der Waals surface area contributed by atoms with Gasteiger partial charge in [-0.25, -0.2) is 9.78 Å². The van der Waals surface area contributed by atoms with Gasteiger partial charge in [-0.15, -0.1) is 0 Å². The molecule has 14 heteroatoms. The van der Waals surface area contributed by atoms with Gasteiger partial charge in [0.2, 0.25) is 0 Å². The zero-order chi connectivity index (χ0) is 24.3. The first-order valence-corrected chi connectivity index (χ1v) is 14.6. The van der Waals surface area contributed by atoms with Crippen molar-refractivity contribution >= 4 is 17.6 Å². The van der Waals surface area contributed by atoms with Crippen LogP contribution in [0.1, 0.15) is 12.8 Å². The van der Waals surface area contributed by atoms with Crippen molar-refractivity contribution in [1.82, 2.24) is 10.6 Å². The normalized spacial score (nSPS) is 14.6. The van der Waals surface area contributed by atoms with Gasteiger partial charge in [0.25, 0.3) is 0 Å². The van der Waals surface area contributed by atoms with E-state index in [0.717, 1.165) is 12.8 Å². The maximum atomic E-state index is 9.90. The molecule has 0 heterocycles. The molecule has 0 aromatic carbocycles. The van der Waals surface area contributed by atoms with Crippen LogP contribution >= 0.6 is 0 Å². The molecule has 2 unspecified atom stereocenters. The van der Waals surface area contributed by atoms with E-state index < -0.39 is 29.8 Å². The smallest absolute Gasteiger partial charge is 0.389 e. The Morgan fingerprint density at radius 3 is 1.19 bits per heavy atom. The monoisotopic (exact) mass is 504 g/mol. The first-order valence-electron chi connectivity index (χ1n) is 10.7. The predicted molar refractivity (Wildman–Crippen MR) is 122 cm³/mol. The van der Waals surface area contributed by atoms with Gasteiger partial charge < -0.3 is 47.4 Å². The average molecular weight is 505 g/mol. The van der Waals surface area contributed by atoms with E-state index in [1.54, 1.807) is 42.7 Å². The van der Waals surface area contributed by atoms with Gasteiger partial charge in [-0.1, -0.05) is 0 Å². The van der Waals surface area contributed by atoms with Crippen molar-refractivity contribution in [1.29, 1.82) is 0 Å². The van der Waals surface area contributed by atoms with Crippen LogP contribution in [0.15, 0.2) is 0 Å². The lowest BCUT2D eigenvalue weighted by Crippen LogP contribution is -2.43. The Labute approximate surface area is 194 Å². The number of rotatable bonds is 23. The summed E-state index contributed by atoms with van der Waals surface area (Å²) in [5, 5.41) is 26.1. The first-order chi connectivity index (χ1) is 15.4. The van der Waals surface area contributed by atoms with Crippen LogP contribution in [0.5, 0.6) is 0 Å². The van der Waals surface area contributed by atoms with Crippen LogP contribution in [0.2, 0.25) is 12.1 Å². The van der Waals surface area contributed by atoms with E-state index in [0.29, 0.717) is 38.3 Å². The Kier molecular flexibility index (Phi) is 19.3. The van der Waals surface area contributed by atoms with E-state index in [9.17, 15) is 10.2 Å². The Balaban J connectivity index is 3.69. The molecule has 0 aliphatic heterocycles. The summed E-state index contributed by atoms with van der Waals surface area (Å²) in [4.78, 5) is 9.94. The van der Waals surface area contributed by atoms with Crippen LogP contribution < -0.4 is 10.6 Å². The summed E-state index contributed by atoms with van der Waals surface area (Å²) in [5.74, 6) is 0. The van der Waals surface area contributed by atoms with Crippen molar-refractivity contribution in [2.45, 2.75) is 37.1 Å². The zero-order valence-electron chi connectivity index (χ0n) is 20.4. The fourth-order valence-corrected chi connectivity index (χ4v) is 6.32. The largest absolute Gasteiger partial charge is 0.500 e. The molecule has 0 rings (SSSR count). The highest BCUT2D eigenvalue weighted by Gasteiger charge is 2.37. The Morgan fingerprint density at radius 2 is 0.906 bits per heavy atom. The fourth-order valence-electron chi connectivity index (χ4n) is 2.88. The van der Waals surface area contributed by atoms with Crippen LogP contribution in [-0.4, -0.2) is 122 Å². The lowest BCUT2D eigenvalue weighted by atomic mass is 10.3. The van der Waals surface area contributed by atoms with E-state index >= 15 is 0 Å². The van der Waals surface area contributed by atoms with Gasteiger partial charge in [-0.05, 0) is 25.9 Å². The van der Waals surface area contributed by atoms with Crippen molar-refractivity contribution in [3.63, 3.8) is 0 Å². The molecule has 0 aliphatic rings. The molecule has 0 radical (unpaired) electrons. The summed E-state index contributed by atoms with van der Waals surface area (Å²) in [7, 11) is 4.39. The molecule has 0 aliphatic carbocycles. The highest BCUT2D eigenvalue weighted by molar-refractivity contribution is 6.60. The third-order valence-electron chi connectivity index (χ3n) is 4.90. The molecule has 0 saturated heterocycles. The topological polar surface area (TPSA) is 138 Å². The van der Waals surface area contributed by atoms with Crippen molar-refractivity contribution in [3.05, 3.63) is 0 Å². The van der Waals surface area contributed by atoms with Crippen molar-refractivity contribution in [2.75, 3.05) is 82.1 Å². The molecule has 194 valence electrons. The van der Waals surface area contributed by atoms with E-state index in [-0.39, 0.29) is 13.2 Å². The minimum Gasteiger partial charge on any atom is -0.389 e. The molecule has 4 N–H and O–H groups in total. The minimum atomic E-state index is -2.55. The van der Waals surface area contributed by atoms with Gasteiger partial charge in [-0.2, -0.15) is 0 Å². The Hall–Kier alpha value is -0.0462. The van der Waals surface area contributed by atoms with E-state index in [1.165, 1.54) is 0 Å². The molecule has 32 heavy (non-hydrogen) atoms. The van der Waals surface area contributed by atoms with Gasteiger partial charge in [-0.3, -0.25) is 0 Å². The molecule has 0 amide bonds. The summed E-state index contributed by atoms with van der Waals surface area (Å²) >= 11 is 0. The van der Waals surface area contributed by atoms with Gasteiger partial charge in [0.05, 0.1) is 12.2 Å². The van der Waals surface area contributed by atoms with Gasteiger partial charge >= 0.3 is 17.6 Å². The highest BCUT2D eigenvalue weighted by Crippen LogP contribution is 2.15. The number of aliphatic hydroxyl groups is 2. The maximum Gasteiger partial charge on any atom is 0.500 e. The first kappa shape index (κ1) is 32.0. The molecule has 0 bridgehead atoms. The molecular weight excluding hydrogens is 460 g/mol. The average Bonchev–Trinajstić information content (AvgIpc) is 2.82. The van der Waals surface area contributed by atoms with Crippen LogP contribution in [-0.2, 0) is 36.3 Å². The Morgan fingerprint density at radius 1 is 0.594 bits per heavy atom. The quantitative estimate of drug-likeness (QED) is 0.0610. The summed E-state index contributed by atoms with van der Waals surface area (Å²) in [6, 6.07) is 1.36. The molecule has 2 atom stereocenters. The minimum absolute atomic E-state index is 0.00217. The van der Waals surface area contributed by atoms with Crippen LogP contribution in [0.25, 0.3) is 0 Å². The third kappa shape index (κ3) is 13.6. The summed E-state index contributed by atoms with van der Waals surface area (Å²) in [5.41, 5.74) is 0. The van der Waals surface area contributed by atoms with Gasteiger partial charge in [0.1, 0.15) is 13.2 Å². The standard InChI is InChI=1S/C18H44N2O10Si2/c1-23-31(24-2,25-3)11-7-9-19-13-17(21)15-29-30-16-18(22)14-20-10-8-12-32(26-4,27-5)28-6/h17-22H,7-16H2,1-6H3. The van der Waals surface area contributed by atoms with Crippen LogP contribution in [0, 0.1) is 0 Å². The van der Waals surface area contributed by atoms with Gasteiger partial charge in [0, 0.05) is 67.8 Å². The second-order valence-electron chi connectivity index (χ2n) is 7.08. The lowest BCUT2D eigenvalue weighted by Gasteiger charge is -2.24. The molecule has 12 nitrogen and oxygen atoms in total. The maximum absolute atomic E-state index is 9.90. The molecule has 0 saturated carbocycles. The predicted octanol–water partition coefficient (Wildman–Crippen LogP) is -0.628. The summed E-state index contributed by atoms with van der Waals surface area (Å²) < 4.78 is 32.1. The molecule has 0 aromatic rings. The van der Waals surface area contributed by atoms with Gasteiger partial charge in [0.15, 0.2) is 0 Å². The fraction of sp³-hybridized carbons (Fsp3) is 1.00. The van der Waals surface area contributed by atoms with Crippen molar-refractivity contribution < 1.29 is 46.5 Å². The SMILES string of the molecule is CO[Si](CCCNCC(O)COOCC(O)CNCCC[Si](OC)(OC)OC)(OC)OC. The zero-order valence-corrected chi connectivity index (χ0v) is 22.4. The number of hydrogen-bond donors (Lipinski definition) is 4. The molecule has 0 aromatic heterocycles. The highest BCUT2D eigenvalue weighted by atomic mass is 28.4. The van der Waals surface area contributed by atoms with Crippen molar-refractivity contribution in [2.24, 2.45) is 0 Å². The summed E-state index contributed by atoms with van der Waals surface area (Å²) in [6.07, 6.45) is 0.116. The molecule has 0 spiro atoms. The summed E-state index contributed by atoms with van der Waals surface area (Å²) in [6.45, 7) is 2.05. The second kappa shape index (κ2) is 19.3. The number of hydrogen-bond acceptors (Lipinski definition) is 12.